The largest absolute Gasteiger partial charge is 0.491 e. The Kier molecular flexibility index (Phi) is 6.82. The fraction of sp³-hybridized carbons (Fsp3) is 0.429. The third-order valence-electron chi connectivity index (χ3n) is 7.48. The summed E-state index contributed by atoms with van der Waals surface area (Å²) in [6.45, 7) is 6.67. The minimum absolute atomic E-state index is 0.0571. The summed E-state index contributed by atoms with van der Waals surface area (Å²) in [5, 5.41) is 6.32. The first-order valence-electron chi connectivity index (χ1n) is 13.3. The number of amidine groups is 1. The predicted octanol–water partition coefficient (Wildman–Crippen LogP) is 2.82. The first kappa shape index (κ1) is 24.6. The van der Waals surface area contributed by atoms with Crippen LogP contribution in [0.3, 0.4) is 0 Å². The summed E-state index contributed by atoms with van der Waals surface area (Å²) >= 11 is 0. The van der Waals surface area contributed by atoms with Gasteiger partial charge in [-0.25, -0.2) is 4.99 Å². The summed E-state index contributed by atoms with van der Waals surface area (Å²) in [5.74, 6) is 0.575. The number of nitrogens with zero attached hydrogens (tertiary/aromatic N) is 4. The van der Waals surface area contributed by atoms with E-state index in [1.165, 1.54) is 0 Å². The van der Waals surface area contributed by atoms with E-state index in [2.05, 4.69) is 25.5 Å². The van der Waals surface area contributed by atoms with Crippen LogP contribution in [0.25, 0.3) is 0 Å². The highest BCUT2D eigenvalue weighted by Crippen LogP contribution is 2.41. The van der Waals surface area contributed by atoms with Crippen molar-refractivity contribution in [3.05, 3.63) is 54.0 Å². The Morgan fingerprint density at radius 2 is 2.11 bits per heavy atom. The van der Waals surface area contributed by atoms with Crippen LogP contribution < -0.4 is 25.2 Å². The number of amides is 2. The molecule has 4 aliphatic heterocycles. The lowest BCUT2D eigenvalue weighted by atomic mass is 10.0. The molecule has 5 heterocycles. The topological polar surface area (TPSA) is 108 Å². The average molecular weight is 517 g/mol. The fourth-order valence-corrected chi connectivity index (χ4v) is 5.40. The van der Waals surface area contributed by atoms with Crippen molar-refractivity contribution >= 4 is 34.7 Å². The van der Waals surface area contributed by atoms with Crippen LogP contribution in [0.4, 0.5) is 17.1 Å². The van der Waals surface area contributed by atoms with Crippen LogP contribution >= 0.6 is 0 Å². The zero-order chi connectivity index (χ0) is 26.1. The van der Waals surface area contributed by atoms with Crippen LogP contribution in [0.5, 0.6) is 5.75 Å². The van der Waals surface area contributed by atoms with E-state index in [1.54, 1.807) is 23.4 Å². The minimum Gasteiger partial charge on any atom is -0.491 e. The number of rotatable bonds is 6. The molecule has 2 saturated heterocycles. The molecule has 0 aliphatic carbocycles. The summed E-state index contributed by atoms with van der Waals surface area (Å²) in [4.78, 5) is 39.1. The van der Waals surface area contributed by atoms with Crippen molar-refractivity contribution in [2.24, 2.45) is 4.99 Å². The number of anilines is 3. The van der Waals surface area contributed by atoms with Crippen molar-refractivity contribution in [3.8, 4) is 5.75 Å². The number of hydrogen-bond donors (Lipinski definition) is 2. The molecular formula is C28H32N6O4. The Morgan fingerprint density at radius 1 is 1.24 bits per heavy atom. The van der Waals surface area contributed by atoms with Gasteiger partial charge in [0.2, 0.25) is 5.91 Å². The van der Waals surface area contributed by atoms with Gasteiger partial charge in [0.05, 0.1) is 35.3 Å². The van der Waals surface area contributed by atoms with Crippen LogP contribution in [0.1, 0.15) is 37.7 Å². The SMILES string of the molecule is CC1C(=O)N(C2=NC(C(=O)Nc3cnccc3N3CCNCC3)=CC2)c2ccc(OCC3CCCO3)cc21. The molecule has 6 rings (SSSR count). The van der Waals surface area contributed by atoms with Crippen LogP contribution in [-0.4, -0.2) is 68.1 Å². The molecule has 2 N–H and O–H groups in total. The molecule has 2 amide bonds. The highest BCUT2D eigenvalue weighted by Gasteiger charge is 2.38. The molecule has 10 nitrogen and oxygen atoms in total. The molecule has 2 fully saturated rings. The zero-order valence-corrected chi connectivity index (χ0v) is 21.5. The molecule has 0 spiro atoms. The van der Waals surface area contributed by atoms with Gasteiger partial charge in [-0.05, 0) is 55.7 Å². The molecule has 0 radical (unpaired) electrons. The molecule has 4 aliphatic rings. The normalized spacial score (nSPS) is 22.8. The van der Waals surface area contributed by atoms with Crippen LogP contribution in [0.2, 0.25) is 0 Å². The van der Waals surface area contributed by atoms with E-state index in [0.29, 0.717) is 30.2 Å². The number of ether oxygens (including phenoxy) is 2. The number of nitrogens with one attached hydrogen (secondary N) is 2. The number of aromatic nitrogens is 1. The predicted molar refractivity (Wildman–Crippen MR) is 145 cm³/mol. The lowest BCUT2D eigenvalue weighted by Gasteiger charge is -2.30. The number of carbonyl (C=O) groups excluding carboxylic acids is 2. The van der Waals surface area contributed by atoms with Crippen molar-refractivity contribution in [2.45, 2.75) is 38.2 Å². The van der Waals surface area contributed by atoms with E-state index in [1.807, 2.05) is 31.2 Å². The number of aliphatic imine (C=N–C) groups is 1. The zero-order valence-electron chi connectivity index (χ0n) is 21.5. The van der Waals surface area contributed by atoms with Gasteiger partial charge in [-0.1, -0.05) is 0 Å². The van der Waals surface area contributed by atoms with Gasteiger partial charge in [-0.2, -0.15) is 0 Å². The van der Waals surface area contributed by atoms with Crippen molar-refractivity contribution in [2.75, 3.05) is 54.5 Å². The van der Waals surface area contributed by atoms with Gasteiger partial charge in [0.1, 0.15) is 23.9 Å². The Labute approximate surface area is 221 Å². The Bertz CT molecular complexity index is 1300. The maximum atomic E-state index is 13.3. The average Bonchev–Trinajstić information content (AvgIpc) is 3.70. The number of hydrogen-bond acceptors (Lipinski definition) is 8. The molecule has 0 saturated carbocycles. The standard InChI is InChI=1S/C28H32N6O4/c1-18-21-15-19(38-17-20-3-2-14-37-20)4-6-24(21)34(28(18)36)26-7-5-22(31-26)27(35)32-23-16-30-9-8-25(23)33-12-10-29-11-13-33/h4-6,8-9,15-16,18,20,29H,2-3,7,10-14,17H2,1H3,(H,32,35). The molecule has 198 valence electrons. The second-order valence-corrected chi connectivity index (χ2v) is 9.97. The monoisotopic (exact) mass is 516 g/mol. The number of fused-ring (bicyclic) bond motifs is 1. The third kappa shape index (κ3) is 4.77. The van der Waals surface area contributed by atoms with E-state index >= 15 is 0 Å². The van der Waals surface area contributed by atoms with Gasteiger partial charge < -0.3 is 25.0 Å². The maximum Gasteiger partial charge on any atom is 0.274 e. The third-order valence-corrected chi connectivity index (χ3v) is 7.48. The van der Waals surface area contributed by atoms with E-state index in [-0.39, 0.29) is 23.8 Å². The summed E-state index contributed by atoms with van der Waals surface area (Å²) in [6.07, 6.45) is 7.76. The van der Waals surface area contributed by atoms with Gasteiger partial charge in [0, 0.05) is 45.4 Å². The van der Waals surface area contributed by atoms with Crippen molar-refractivity contribution < 1.29 is 19.1 Å². The van der Waals surface area contributed by atoms with Gasteiger partial charge in [0.25, 0.3) is 5.91 Å². The quantitative estimate of drug-likeness (QED) is 0.608. The van der Waals surface area contributed by atoms with E-state index < -0.39 is 0 Å². The number of piperazine rings is 1. The molecule has 38 heavy (non-hydrogen) atoms. The molecule has 10 heteroatoms. The maximum absolute atomic E-state index is 13.3. The first-order valence-corrected chi connectivity index (χ1v) is 13.3. The summed E-state index contributed by atoms with van der Waals surface area (Å²) in [7, 11) is 0. The Balaban J connectivity index is 1.16. The number of benzene rings is 1. The van der Waals surface area contributed by atoms with Crippen LogP contribution in [0.15, 0.2) is 53.4 Å². The minimum atomic E-state index is -0.325. The van der Waals surface area contributed by atoms with Gasteiger partial charge in [-0.15, -0.1) is 0 Å². The highest BCUT2D eigenvalue weighted by atomic mass is 16.5. The van der Waals surface area contributed by atoms with E-state index in [4.69, 9.17) is 9.47 Å². The Morgan fingerprint density at radius 3 is 2.92 bits per heavy atom. The van der Waals surface area contributed by atoms with Crippen molar-refractivity contribution in [1.82, 2.24) is 10.3 Å². The second-order valence-electron chi connectivity index (χ2n) is 9.97. The van der Waals surface area contributed by atoms with Crippen LogP contribution in [0, 0.1) is 0 Å². The van der Waals surface area contributed by atoms with Gasteiger partial charge >= 0.3 is 0 Å². The molecule has 2 atom stereocenters. The number of pyridine rings is 1. The lowest BCUT2D eigenvalue weighted by molar-refractivity contribution is -0.118. The summed E-state index contributed by atoms with van der Waals surface area (Å²) in [6, 6.07) is 7.63. The van der Waals surface area contributed by atoms with Gasteiger partial charge in [-0.3, -0.25) is 19.5 Å². The Hall–Kier alpha value is -3.76. The summed E-state index contributed by atoms with van der Waals surface area (Å²) < 4.78 is 11.6. The smallest absolute Gasteiger partial charge is 0.274 e. The molecule has 1 aromatic heterocycles. The second kappa shape index (κ2) is 10.5. The lowest BCUT2D eigenvalue weighted by Crippen LogP contribution is -2.43. The molecular weight excluding hydrogens is 484 g/mol. The molecule has 2 aromatic rings. The van der Waals surface area contributed by atoms with E-state index in [9.17, 15) is 9.59 Å². The highest BCUT2D eigenvalue weighted by molar-refractivity contribution is 6.25. The first-order chi connectivity index (χ1) is 18.6. The van der Waals surface area contributed by atoms with E-state index in [0.717, 1.165) is 68.3 Å². The van der Waals surface area contributed by atoms with Crippen LogP contribution in [-0.2, 0) is 14.3 Å². The summed E-state index contributed by atoms with van der Waals surface area (Å²) in [5.41, 5.74) is 3.56. The molecule has 0 bridgehead atoms. The van der Waals surface area contributed by atoms with Crippen molar-refractivity contribution in [3.63, 3.8) is 0 Å². The van der Waals surface area contributed by atoms with Gasteiger partial charge in [0.15, 0.2) is 0 Å². The number of carbonyl (C=O) groups is 2. The molecule has 2 unspecified atom stereocenters. The molecule has 1 aromatic carbocycles. The van der Waals surface area contributed by atoms with Crippen molar-refractivity contribution in [1.29, 1.82) is 0 Å². The fourth-order valence-electron chi connectivity index (χ4n) is 5.40.